The van der Waals surface area contributed by atoms with E-state index < -0.39 is 5.97 Å². The van der Waals surface area contributed by atoms with E-state index >= 15 is 0 Å². The summed E-state index contributed by atoms with van der Waals surface area (Å²) in [4.78, 5) is 23.2. The molecule has 1 aromatic carbocycles. The van der Waals surface area contributed by atoms with E-state index in [2.05, 4.69) is 5.32 Å². The third kappa shape index (κ3) is 2.99. The SMILES string of the molecule is CCOC1CC1C(=O)Nc1cc(C(=O)O)c(C)cc1C. The van der Waals surface area contributed by atoms with Crippen molar-refractivity contribution in [1.82, 2.24) is 0 Å². The van der Waals surface area contributed by atoms with Gasteiger partial charge in [-0.25, -0.2) is 4.79 Å². The van der Waals surface area contributed by atoms with E-state index in [0.29, 0.717) is 17.9 Å². The van der Waals surface area contributed by atoms with Gasteiger partial charge in [0.05, 0.1) is 17.6 Å². The van der Waals surface area contributed by atoms with Crippen molar-refractivity contribution in [1.29, 1.82) is 0 Å². The first-order valence-corrected chi connectivity index (χ1v) is 6.71. The molecule has 0 spiro atoms. The lowest BCUT2D eigenvalue weighted by Crippen LogP contribution is -2.18. The maximum Gasteiger partial charge on any atom is 0.336 e. The number of carbonyl (C=O) groups is 2. The second kappa shape index (κ2) is 5.63. The molecule has 108 valence electrons. The van der Waals surface area contributed by atoms with E-state index in [-0.39, 0.29) is 23.5 Å². The minimum absolute atomic E-state index is 0.00435. The second-order valence-electron chi connectivity index (χ2n) is 5.11. The molecule has 0 saturated heterocycles. The van der Waals surface area contributed by atoms with Gasteiger partial charge in [-0.05, 0) is 44.4 Å². The fraction of sp³-hybridized carbons (Fsp3) is 0.467. The maximum absolute atomic E-state index is 12.0. The monoisotopic (exact) mass is 277 g/mol. The molecule has 1 aromatic rings. The summed E-state index contributed by atoms with van der Waals surface area (Å²) in [6, 6.07) is 3.29. The summed E-state index contributed by atoms with van der Waals surface area (Å²) in [5, 5.41) is 11.9. The maximum atomic E-state index is 12.0. The summed E-state index contributed by atoms with van der Waals surface area (Å²) in [6.07, 6.45) is 0.737. The zero-order valence-corrected chi connectivity index (χ0v) is 11.9. The summed E-state index contributed by atoms with van der Waals surface area (Å²) in [5.41, 5.74) is 2.31. The van der Waals surface area contributed by atoms with Crippen molar-refractivity contribution in [3.63, 3.8) is 0 Å². The van der Waals surface area contributed by atoms with Crippen LogP contribution >= 0.6 is 0 Å². The molecule has 5 heteroatoms. The number of nitrogens with one attached hydrogen (secondary N) is 1. The number of carboxylic acid groups (broad SMARTS) is 1. The highest BCUT2D eigenvalue weighted by Crippen LogP contribution is 2.35. The Morgan fingerprint density at radius 3 is 2.65 bits per heavy atom. The molecule has 1 saturated carbocycles. The number of anilines is 1. The topological polar surface area (TPSA) is 75.6 Å². The molecule has 2 atom stereocenters. The van der Waals surface area contributed by atoms with Crippen molar-refractivity contribution in [2.75, 3.05) is 11.9 Å². The fourth-order valence-corrected chi connectivity index (χ4v) is 2.29. The number of benzene rings is 1. The normalized spacial score (nSPS) is 20.6. The van der Waals surface area contributed by atoms with Crippen LogP contribution in [0.4, 0.5) is 5.69 Å². The Labute approximate surface area is 117 Å². The number of hydrogen-bond acceptors (Lipinski definition) is 3. The van der Waals surface area contributed by atoms with Crippen LogP contribution in [0.3, 0.4) is 0 Å². The third-order valence-electron chi connectivity index (χ3n) is 3.51. The van der Waals surface area contributed by atoms with E-state index in [1.54, 1.807) is 13.0 Å². The molecule has 1 aliphatic rings. The van der Waals surface area contributed by atoms with Crippen molar-refractivity contribution in [2.45, 2.75) is 33.3 Å². The average molecular weight is 277 g/mol. The van der Waals surface area contributed by atoms with Crippen LogP contribution in [0.1, 0.15) is 34.8 Å². The second-order valence-corrected chi connectivity index (χ2v) is 5.11. The summed E-state index contributed by atoms with van der Waals surface area (Å²) in [5.74, 6) is -1.22. The zero-order chi connectivity index (χ0) is 14.9. The largest absolute Gasteiger partial charge is 0.478 e. The molecule has 1 aliphatic carbocycles. The summed E-state index contributed by atoms with van der Waals surface area (Å²) >= 11 is 0. The standard InChI is InChI=1S/C15H19NO4/c1-4-20-13-7-11(13)14(17)16-12-6-10(15(18)19)8(2)5-9(12)3/h5-6,11,13H,4,7H2,1-3H3,(H,16,17)(H,18,19). The molecule has 0 aliphatic heterocycles. The highest BCUT2D eigenvalue weighted by molar-refractivity contribution is 5.97. The van der Waals surface area contributed by atoms with Crippen LogP contribution < -0.4 is 5.32 Å². The van der Waals surface area contributed by atoms with E-state index in [1.807, 2.05) is 13.8 Å². The molecular formula is C15H19NO4. The fourth-order valence-electron chi connectivity index (χ4n) is 2.29. The van der Waals surface area contributed by atoms with Gasteiger partial charge in [0.15, 0.2) is 0 Å². The van der Waals surface area contributed by atoms with Crippen LogP contribution in [0.2, 0.25) is 0 Å². The number of aromatic carboxylic acids is 1. The number of hydrogen-bond donors (Lipinski definition) is 2. The summed E-state index contributed by atoms with van der Waals surface area (Å²) in [7, 11) is 0. The molecular weight excluding hydrogens is 258 g/mol. The van der Waals surface area contributed by atoms with Crippen LogP contribution in [-0.4, -0.2) is 29.7 Å². The molecule has 2 unspecified atom stereocenters. The Balaban J connectivity index is 2.12. The Hall–Kier alpha value is -1.88. The summed E-state index contributed by atoms with van der Waals surface area (Å²) < 4.78 is 5.38. The third-order valence-corrected chi connectivity index (χ3v) is 3.51. The van der Waals surface area contributed by atoms with Gasteiger partial charge in [-0.1, -0.05) is 6.07 Å². The number of carbonyl (C=O) groups excluding carboxylic acids is 1. The Bertz CT molecular complexity index is 553. The van der Waals surface area contributed by atoms with Crippen LogP contribution in [0.25, 0.3) is 0 Å². The minimum atomic E-state index is -0.989. The van der Waals surface area contributed by atoms with Crippen molar-refractivity contribution in [3.05, 3.63) is 28.8 Å². The van der Waals surface area contributed by atoms with Gasteiger partial charge in [0, 0.05) is 12.3 Å². The van der Waals surface area contributed by atoms with E-state index in [0.717, 1.165) is 12.0 Å². The molecule has 2 rings (SSSR count). The Morgan fingerprint density at radius 1 is 1.35 bits per heavy atom. The average Bonchev–Trinajstić information content (AvgIpc) is 3.12. The number of carboxylic acids is 1. The minimum Gasteiger partial charge on any atom is -0.478 e. The first-order valence-electron chi connectivity index (χ1n) is 6.71. The van der Waals surface area contributed by atoms with Crippen molar-refractivity contribution >= 4 is 17.6 Å². The van der Waals surface area contributed by atoms with Gasteiger partial charge >= 0.3 is 5.97 Å². The lowest BCUT2D eigenvalue weighted by Gasteiger charge is -2.11. The highest BCUT2D eigenvalue weighted by atomic mass is 16.5. The van der Waals surface area contributed by atoms with Crippen molar-refractivity contribution < 1.29 is 19.4 Å². The highest BCUT2D eigenvalue weighted by Gasteiger charge is 2.44. The van der Waals surface area contributed by atoms with Crippen LogP contribution in [-0.2, 0) is 9.53 Å². The quantitative estimate of drug-likeness (QED) is 0.866. The van der Waals surface area contributed by atoms with Gasteiger partial charge in [-0.3, -0.25) is 4.79 Å². The smallest absolute Gasteiger partial charge is 0.336 e. The molecule has 0 heterocycles. The van der Waals surface area contributed by atoms with E-state index in [4.69, 9.17) is 9.84 Å². The van der Waals surface area contributed by atoms with Gasteiger partial charge in [0.2, 0.25) is 5.91 Å². The van der Waals surface area contributed by atoms with Gasteiger partial charge < -0.3 is 15.2 Å². The lowest BCUT2D eigenvalue weighted by molar-refractivity contribution is -0.118. The number of amides is 1. The van der Waals surface area contributed by atoms with Gasteiger partial charge in [0.1, 0.15) is 0 Å². The summed E-state index contributed by atoms with van der Waals surface area (Å²) in [6.45, 7) is 6.09. The Morgan fingerprint density at radius 2 is 2.05 bits per heavy atom. The number of aryl methyl sites for hydroxylation is 2. The molecule has 1 fully saturated rings. The van der Waals surface area contributed by atoms with E-state index in [1.165, 1.54) is 6.07 Å². The first kappa shape index (κ1) is 14.5. The van der Waals surface area contributed by atoms with Crippen molar-refractivity contribution in [3.8, 4) is 0 Å². The lowest BCUT2D eigenvalue weighted by atomic mass is 10.0. The van der Waals surface area contributed by atoms with Crippen LogP contribution in [0.15, 0.2) is 12.1 Å². The van der Waals surface area contributed by atoms with E-state index in [9.17, 15) is 9.59 Å². The molecule has 1 amide bonds. The predicted molar refractivity (Wildman–Crippen MR) is 75.0 cm³/mol. The molecule has 20 heavy (non-hydrogen) atoms. The molecule has 0 bridgehead atoms. The molecule has 0 aromatic heterocycles. The molecule has 2 N–H and O–H groups in total. The number of ether oxygens (including phenoxy) is 1. The number of rotatable bonds is 5. The van der Waals surface area contributed by atoms with Crippen LogP contribution in [0.5, 0.6) is 0 Å². The predicted octanol–water partition coefficient (Wildman–Crippen LogP) is 2.37. The van der Waals surface area contributed by atoms with Crippen molar-refractivity contribution in [2.24, 2.45) is 5.92 Å². The molecule has 5 nitrogen and oxygen atoms in total. The van der Waals surface area contributed by atoms with Gasteiger partial charge in [-0.15, -0.1) is 0 Å². The first-order chi connectivity index (χ1) is 9.43. The Kier molecular flexibility index (Phi) is 4.09. The van der Waals surface area contributed by atoms with Crippen LogP contribution in [0, 0.1) is 19.8 Å². The van der Waals surface area contributed by atoms with Gasteiger partial charge in [-0.2, -0.15) is 0 Å². The molecule has 0 radical (unpaired) electrons. The zero-order valence-electron chi connectivity index (χ0n) is 11.9. The van der Waals surface area contributed by atoms with Gasteiger partial charge in [0.25, 0.3) is 0 Å².